The average molecular weight is 328 g/mol. The van der Waals surface area contributed by atoms with Gasteiger partial charge in [-0.3, -0.25) is 4.79 Å². The van der Waals surface area contributed by atoms with Gasteiger partial charge in [-0.25, -0.2) is 4.79 Å². The third kappa shape index (κ3) is 5.03. The van der Waals surface area contributed by atoms with E-state index in [4.69, 9.17) is 0 Å². The van der Waals surface area contributed by atoms with E-state index < -0.39 is 12.0 Å². The smallest absolute Gasteiger partial charge is 0.326 e. The number of carboxylic acids is 1. The van der Waals surface area contributed by atoms with Crippen molar-refractivity contribution in [3.05, 3.63) is 35.9 Å². The standard InChI is InChI=1S/C14H18BrNO3/c1-9(2)12(15)13(17)16-11(14(18)19)8-10-6-4-3-5-7-10/h3-7,9,11-12H,8H2,1-2H3,(H,16,17)(H,18,19). The maximum Gasteiger partial charge on any atom is 0.326 e. The molecule has 2 N–H and O–H groups in total. The molecule has 1 rings (SSSR count). The van der Waals surface area contributed by atoms with Gasteiger partial charge in [-0.05, 0) is 11.5 Å². The summed E-state index contributed by atoms with van der Waals surface area (Å²) < 4.78 is 0. The molecular formula is C14H18BrNO3. The summed E-state index contributed by atoms with van der Waals surface area (Å²) in [6.07, 6.45) is 0.278. The number of carboxylic acid groups (broad SMARTS) is 1. The number of carbonyl (C=O) groups is 2. The first-order valence-electron chi connectivity index (χ1n) is 6.13. The van der Waals surface area contributed by atoms with E-state index in [9.17, 15) is 14.7 Å². The van der Waals surface area contributed by atoms with Crippen LogP contribution < -0.4 is 5.32 Å². The topological polar surface area (TPSA) is 66.4 Å². The molecular weight excluding hydrogens is 310 g/mol. The second-order valence-electron chi connectivity index (χ2n) is 4.73. The number of hydrogen-bond donors (Lipinski definition) is 2. The van der Waals surface area contributed by atoms with E-state index in [1.807, 2.05) is 44.2 Å². The molecule has 0 aliphatic heterocycles. The number of alkyl halides is 1. The molecule has 0 aliphatic rings. The fraction of sp³-hybridized carbons (Fsp3) is 0.429. The van der Waals surface area contributed by atoms with Gasteiger partial charge in [-0.15, -0.1) is 0 Å². The van der Waals surface area contributed by atoms with Crippen molar-refractivity contribution in [2.75, 3.05) is 0 Å². The molecule has 0 spiro atoms. The molecule has 0 bridgehead atoms. The minimum Gasteiger partial charge on any atom is -0.480 e. The highest BCUT2D eigenvalue weighted by molar-refractivity contribution is 9.10. The molecule has 0 radical (unpaired) electrons. The molecule has 0 saturated carbocycles. The second-order valence-corrected chi connectivity index (χ2v) is 5.72. The summed E-state index contributed by atoms with van der Waals surface area (Å²) in [6.45, 7) is 3.79. The summed E-state index contributed by atoms with van der Waals surface area (Å²) in [5.41, 5.74) is 0.880. The van der Waals surface area contributed by atoms with Crippen molar-refractivity contribution in [2.45, 2.75) is 31.1 Å². The van der Waals surface area contributed by atoms with Crippen LogP contribution in [0.25, 0.3) is 0 Å². The zero-order valence-corrected chi connectivity index (χ0v) is 12.6. The minimum atomic E-state index is -1.03. The Morgan fingerprint density at radius 2 is 1.84 bits per heavy atom. The van der Waals surface area contributed by atoms with Gasteiger partial charge in [0.1, 0.15) is 6.04 Å². The summed E-state index contributed by atoms with van der Waals surface area (Å²) in [7, 11) is 0. The molecule has 0 fully saturated rings. The van der Waals surface area contributed by atoms with Crippen LogP contribution in [-0.2, 0) is 16.0 Å². The van der Waals surface area contributed by atoms with Gasteiger partial charge in [0.15, 0.2) is 0 Å². The number of carbonyl (C=O) groups excluding carboxylic acids is 1. The molecule has 0 heterocycles. The lowest BCUT2D eigenvalue weighted by molar-refractivity contribution is -0.141. The third-order valence-electron chi connectivity index (χ3n) is 2.73. The molecule has 1 aromatic carbocycles. The summed E-state index contributed by atoms with van der Waals surface area (Å²) in [5, 5.41) is 11.7. The largest absolute Gasteiger partial charge is 0.480 e. The summed E-state index contributed by atoms with van der Waals surface area (Å²) in [4.78, 5) is 22.7. The van der Waals surface area contributed by atoms with Crippen LogP contribution in [0.2, 0.25) is 0 Å². The Bertz CT molecular complexity index is 434. The summed E-state index contributed by atoms with van der Waals surface area (Å²) >= 11 is 3.27. The molecule has 0 aromatic heterocycles. The van der Waals surface area contributed by atoms with E-state index in [1.54, 1.807) is 0 Å². The fourth-order valence-corrected chi connectivity index (χ4v) is 1.74. The van der Waals surface area contributed by atoms with Crippen molar-refractivity contribution < 1.29 is 14.7 Å². The first kappa shape index (κ1) is 15.7. The average Bonchev–Trinajstić information content (AvgIpc) is 2.37. The van der Waals surface area contributed by atoms with Gasteiger partial charge in [0.2, 0.25) is 5.91 Å². The Hall–Kier alpha value is -1.36. The van der Waals surface area contributed by atoms with Crippen molar-refractivity contribution in [3.8, 4) is 0 Å². The maximum absolute atomic E-state index is 11.9. The van der Waals surface area contributed by atoms with Crippen molar-refractivity contribution in [1.82, 2.24) is 5.32 Å². The van der Waals surface area contributed by atoms with Crippen molar-refractivity contribution >= 4 is 27.8 Å². The minimum absolute atomic E-state index is 0.103. The van der Waals surface area contributed by atoms with E-state index in [0.29, 0.717) is 0 Å². The van der Waals surface area contributed by atoms with E-state index in [0.717, 1.165) is 5.56 Å². The monoisotopic (exact) mass is 327 g/mol. The molecule has 0 saturated heterocycles. The first-order valence-corrected chi connectivity index (χ1v) is 7.04. The van der Waals surface area contributed by atoms with E-state index in [-0.39, 0.29) is 23.1 Å². The van der Waals surface area contributed by atoms with Crippen LogP contribution in [0.3, 0.4) is 0 Å². The zero-order chi connectivity index (χ0) is 14.4. The fourth-order valence-electron chi connectivity index (χ4n) is 1.60. The van der Waals surface area contributed by atoms with Crippen LogP contribution in [0.1, 0.15) is 19.4 Å². The van der Waals surface area contributed by atoms with Gasteiger partial charge in [-0.2, -0.15) is 0 Å². The highest BCUT2D eigenvalue weighted by Gasteiger charge is 2.25. The van der Waals surface area contributed by atoms with Gasteiger partial charge >= 0.3 is 5.97 Å². The number of nitrogens with one attached hydrogen (secondary N) is 1. The number of benzene rings is 1. The number of halogens is 1. The van der Waals surface area contributed by atoms with Gasteiger partial charge in [0, 0.05) is 6.42 Å². The molecule has 1 amide bonds. The number of rotatable bonds is 6. The highest BCUT2D eigenvalue weighted by Crippen LogP contribution is 2.12. The molecule has 1 aromatic rings. The van der Waals surface area contributed by atoms with Gasteiger partial charge in [0.25, 0.3) is 0 Å². The van der Waals surface area contributed by atoms with Gasteiger partial charge < -0.3 is 10.4 Å². The lowest BCUT2D eigenvalue weighted by Crippen LogP contribution is -2.46. The van der Waals surface area contributed by atoms with Gasteiger partial charge in [-0.1, -0.05) is 60.1 Å². The number of aliphatic carboxylic acids is 1. The zero-order valence-electron chi connectivity index (χ0n) is 11.0. The Labute approximate surface area is 121 Å². The van der Waals surface area contributed by atoms with Crippen LogP contribution in [-0.4, -0.2) is 27.9 Å². The van der Waals surface area contributed by atoms with Crippen molar-refractivity contribution in [3.63, 3.8) is 0 Å². The van der Waals surface area contributed by atoms with Crippen LogP contribution in [0.5, 0.6) is 0 Å². The summed E-state index contributed by atoms with van der Waals surface area (Å²) in [5.74, 6) is -1.22. The van der Waals surface area contributed by atoms with E-state index >= 15 is 0 Å². The maximum atomic E-state index is 11.9. The Kier molecular flexibility index (Phi) is 6.02. The predicted octanol–water partition coefficient (Wildman–Crippen LogP) is 2.22. The predicted molar refractivity (Wildman–Crippen MR) is 77.3 cm³/mol. The molecule has 5 heteroatoms. The van der Waals surface area contributed by atoms with Crippen LogP contribution >= 0.6 is 15.9 Å². The molecule has 0 aliphatic carbocycles. The lowest BCUT2D eigenvalue weighted by atomic mass is 10.0. The summed E-state index contributed by atoms with van der Waals surface area (Å²) in [6, 6.07) is 8.33. The first-order chi connectivity index (χ1) is 8.91. The normalized spacial score (nSPS) is 13.9. The van der Waals surface area contributed by atoms with Crippen LogP contribution in [0, 0.1) is 5.92 Å². The third-order valence-corrected chi connectivity index (χ3v) is 4.21. The van der Waals surface area contributed by atoms with E-state index in [2.05, 4.69) is 21.2 Å². The molecule has 2 atom stereocenters. The Balaban J connectivity index is 2.69. The second kappa shape index (κ2) is 7.28. The number of hydrogen-bond acceptors (Lipinski definition) is 2. The van der Waals surface area contributed by atoms with Crippen molar-refractivity contribution in [2.24, 2.45) is 5.92 Å². The molecule has 4 nitrogen and oxygen atoms in total. The van der Waals surface area contributed by atoms with E-state index in [1.165, 1.54) is 0 Å². The number of amides is 1. The molecule has 104 valence electrons. The molecule has 2 unspecified atom stereocenters. The Morgan fingerprint density at radius 1 is 1.26 bits per heavy atom. The van der Waals surface area contributed by atoms with Crippen molar-refractivity contribution in [1.29, 1.82) is 0 Å². The quantitative estimate of drug-likeness (QED) is 0.787. The SMILES string of the molecule is CC(C)C(Br)C(=O)NC(Cc1ccccc1)C(=O)O. The highest BCUT2D eigenvalue weighted by atomic mass is 79.9. The van der Waals surface area contributed by atoms with Crippen LogP contribution in [0.4, 0.5) is 0 Å². The van der Waals surface area contributed by atoms with Gasteiger partial charge in [0.05, 0.1) is 4.83 Å². The molecule has 19 heavy (non-hydrogen) atoms. The van der Waals surface area contributed by atoms with Crippen LogP contribution in [0.15, 0.2) is 30.3 Å². The Morgan fingerprint density at radius 3 is 2.32 bits per heavy atom. The lowest BCUT2D eigenvalue weighted by Gasteiger charge is -2.19.